The number of amides is 1. The van der Waals surface area contributed by atoms with Crippen LogP contribution in [0.4, 0.5) is 0 Å². The number of carboxylic acid groups (broad SMARTS) is 1. The number of carboxylic acids is 1. The Morgan fingerprint density at radius 2 is 2.11 bits per heavy atom. The second kappa shape index (κ2) is 6.40. The molecule has 0 aliphatic heterocycles. The third-order valence-corrected chi connectivity index (χ3v) is 2.97. The highest BCUT2D eigenvalue weighted by atomic mass is 35.5. The van der Waals surface area contributed by atoms with Crippen molar-refractivity contribution in [1.29, 1.82) is 0 Å². The molecule has 0 saturated heterocycles. The molecule has 0 aliphatic rings. The predicted octanol–water partition coefficient (Wildman–Crippen LogP) is 2.63. The first kappa shape index (κ1) is 14.5. The number of halogens is 1. The second-order valence-electron chi connectivity index (χ2n) is 4.08. The molecule has 98 valence electrons. The Balaban J connectivity index is 2.80. The van der Waals surface area contributed by atoms with Gasteiger partial charge in [0.05, 0.1) is 6.04 Å². The Labute approximate surface area is 111 Å². The zero-order valence-corrected chi connectivity index (χ0v) is 11.1. The average Bonchev–Trinajstić information content (AvgIpc) is 2.34. The van der Waals surface area contributed by atoms with Gasteiger partial charge in [0.1, 0.15) is 5.92 Å². The van der Waals surface area contributed by atoms with Gasteiger partial charge >= 0.3 is 5.97 Å². The van der Waals surface area contributed by atoms with E-state index >= 15 is 0 Å². The molecule has 0 spiro atoms. The third kappa shape index (κ3) is 3.74. The molecule has 1 amide bonds. The summed E-state index contributed by atoms with van der Waals surface area (Å²) >= 11 is 5.89. The molecule has 1 aromatic carbocycles. The highest BCUT2D eigenvalue weighted by Gasteiger charge is 2.23. The summed E-state index contributed by atoms with van der Waals surface area (Å²) < 4.78 is 0. The van der Waals surface area contributed by atoms with Gasteiger partial charge in [0.15, 0.2) is 0 Å². The first-order chi connectivity index (χ1) is 8.45. The van der Waals surface area contributed by atoms with Gasteiger partial charge in [0.2, 0.25) is 5.91 Å². The van der Waals surface area contributed by atoms with Crippen LogP contribution < -0.4 is 5.32 Å². The summed E-state index contributed by atoms with van der Waals surface area (Å²) in [4.78, 5) is 22.4. The van der Waals surface area contributed by atoms with Crippen molar-refractivity contribution in [2.45, 2.75) is 26.3 Å². The van der Waals surface area contributed by atoms with Crippen molar-refractivity contribution in [2.24, 2.45) is 5.92 Å². The van der Waals surface area contributed by atoms with Crippen LogP contribution in [0.3, 0.4) is 0 Å². The van der Waals surface area contributed by atoms with E-state index in [9.17, 15) is 9.59 Å². The molecule has 0 fully saturated rings. The fourth-order valence-electron chi connectivity index (χ4n) is 1.55. The molecule has 0 heterocycles. The zero-order valence-electron chi connectivity index (χ0n) is 10.3. The lowest BCUT2D eigenvalue weighted by atomic mass is 10.0. The van der Waals surface area contributed by atoms with Crippen molar-refractivity contribution in [3.05, 3.63) is 34.9 Å². The van der Waals surface area contributed by atoms with Gasteiger partial charge in [-0.2, -0.15) is 0 Å². The lowest BCUT2D eigenvalue weighted by Crippen LogP contribution is -2.36. The SMILES string of the molecule is CCC(NC(=O)C(C)C(=O)O)c1cccc(Cl)c1. The Hall–Kier alpha value is -1.55. The molecule has 0 aromatic heterocycles. The number of hydrogen-bond donors (Lipinski definition) is 2. The molecule has 2 atom stereocenters. The van der Waals surface area contributed by atoms with E-state index in [0.717, 1.165) is 5.56 Å². The van der Waals surface area contributed by atoms with Crippen molar-refractivity contribution in [1.82, 2.24) is 5.32 Å². The van der Waals surface area contributed by atoms with Gasteiger partial charge < -0.3 is 10.4 Å². The fourth-order valence-corrected chi connectivity index (χ4v) is 1.75. The van der Waals surface area contributed by atoms with Crippen molar-refractivity contribution in [2.75, 3.05) is 0 Å². The molecular formula is C13H16ClNO3. The van der Waals surface area contributed by atoms with Gasteiger partial charge in [-0.1, -0.05) is 30.7 Å². The van der Waals surface area contributed by atoms with Crippen LogP contribution in [-0.4, -0.2) is 17.0 Å². The molecule has 2 N–H and O–H groups in total. The lowest BCUT2D eigenvalue weighted by Gasteiger charge is -2.19. The molecule has 0 saturated carbocycles. The molecule has 0 radical (unpaired) electrons. The standard InChI is InChI=1S/C13H16ClNO3/c1-3-11(9-5-4-6-10(14)7-9)15-12(16)8(2)13(17)18/h4-8,11H,3H2,1-2H3,(H,15,16)(H,17,18). The van der Waals surface area contributed by atoms with E-state index in [4.69, 9.17) is 16.7 Å². The zero-order chi connectivity index (χ0) is 13.7. The van der Waals surface area contributed by atoms with Crippen molar-refractivity contribution in [3.8, 4) is 0 Å². The summed E-state index contributed by atoms with van der Waals surface area (Å²) in [7, 11) is 0. The van der Waals surface area contributed by atoms with Crippen molar-refractivity contribution < 1.29 is 14.7 Å². The normalized spacial score (nSPS) is 13.7. The van der Waals surface area contributed by atoms with Crippen LogP contribution in [-0.2, 0) is 9.59 Å². The van der Waals surface area contributed by atoms with Crippen LogP contribution in [0.5, 0.6) is 0 Å². The lowest BCUT2D eigenvalue weighted by molar-refractivity contribution is -0.146. The summed E-state index contributed by atoms with van der Waals surface area (Å²) in [6.07, 6.45) is 0.665. The first-order valence-corrected chi connectivity index (χ1v) is 6.12. The number of carbonyl (C=O) groups is 2. The van der Waals surface area contributed by atoms with E-state index in [2.05, 4.69) is 5.32 Å². The van der Waals surface area contributed by atoms with Gasteiger partial charge in [-0.05, 0) is 31.0 Å². The second-order valence-corrected chi connectivity index (χ2v) is 4.52. The predicted molar refractivity (Wildman–Crippen MR) is 69.4 cm³/mol. The fraction of sp³-hybridized carbons (Fsp3) is 0.385. The van der Waals surface area contributed by atoms with Crippen molar-refractivity contribution in [3.63, 3.8) is 0 Å². The quantitative estimate of drug-likeness (QED) is 0.808. The number of nitrogens with one attached hydrogen (secondary N) is 1. The Morgan fingerprint density at radius 1 is 1.44 bits per heavy atom. The van der Waals surface area contributed by atoms with Crippen LogP contribution in [0.25, 0.3) is 0 Å². The van der Waals surface area contributed by atoms with Crippen LogP contribution in [0.2, 0.25) is 5.02 Å². The third-order valence-electron chi connectivity index (χ3n) is 2.74. The van der Waals surface area contributed by atoms with E-state index in [-0.39, 0.29) is 6.04 Å². The molecular weight excluding hydrogens is 254 g/mol. The van der Waals surface area contributed by atoms with Gasteiger partial charge in [-0.15, -0.1) is 0 Å². The number of benzene rings is 1. The number of hydrogen-bond acceptors (Lipinski definition) is 2. The maximum Gasteiger partial charge on any atom is 0.315 e. The van der Waals surface area contributed by atoms with Gasteiger partial charge in [-0.25, -0.2) is 0 Å². The van der Waals surface area contributed by atoms with Crippen molar-refractivity contribution >= 4 is 23.5 Å². The molecule has 1 rings (SSSR count). The minimum absolute atomic E-state index is 0.224. The monoisotopic (exact) mass is 269 g/mol. The Morgan fingerprint density at radius 3 is 2.61 bits per heavy atom. The minimum atomic E-state index is -1.13. The van der Waals surface area contributed by atoms with Crippen LogP contribution in [0.1, 0.15) is 31.9 Å². The average molecular weight is 270 g/mol. The first-order valence-electron chi connectivity index (χ1n) is 5.74. The Bertz CT molecular complexity index is 448. The summed E-state index contributed by atoms with van der Waals surface area (Å²) in [5.41, 5.74) is 0.871. The molecule has 0 aliphatic carbocycles. The van der Waals surface area contributed by atoms with E-state index in [1.54, 1.807) is 18.2 Å². The van der Waals surface area contributed by atoms with E-state index in [0.29, 0.717) is 11.4 Å². The molecule has 18 heavy (non-hydrogen) atoms. The summed E-state index contributed by atoms with van der Waals surface area (Å²) in [5, 5.41) is 12.1. The smallest absolute Gasteiger partial charge is 0.315 e. The minimum Gasteiger partial charge on any atom is -0.481 e. The maximum atomic E-state index is 11.7. The molecule has 1 aromatic rings. The van der Waals surface area contributed by atoms with E-state index < -0.39 is 17.8 Å². The van der Waals surface area contributed by atoms with Gasteiger partial charge in [0.25, 0.3) is 0 Å². The largest absolute Gasteiger partial charge is 0.481 e. The summed E-state index contributed by atoms with van der Waals surface area (Å²) in [5.74, 6) is -2.68. The molecule has 2 unspecified atom stereocenters. The highest BCUT2D eigenvalue weighted by molar-refractivity contribution is 6.30. The molecule has 4 nitrogen and oxygen atoms in total. The van der Waals surface area contributed by atoms with E-state index in [1.807, 2.05) is 13.0 Å². The number of rotatable bonds is 5. The number of aliphatic carboxylic acids is 1. The molecule has 5 heteroatoms. The van der Waals surface area contributed by atoms with Crippen LogP contribution >= 0.6 is 11.6 Å². The van der Waals surface area contributed by atoms with E-state index in [1.165, 1.54) is 6.92 Å². The van der Waals surface area contributed by atoms with Gasteiger partial charge in [0, 0.05) is 5.02 Å². The van der Waals surface area contributed by atoms with Crippen LogP contribution in [0.15, 0.2) is 24.3 Å². The van der Waals surface area contributed by atoms with Crippen LogP contribution in [0, 0.1) is 5.92 Å². The Kier molecular flexibility index (Phi) is 5.16. The maximum absolute atomic E-state index is 11.7. The molecule has 0 bridgehead atoms. The summed E-state index contributed by atoms with van der Waals surface area (Å²) in [6.45, 7) is 3.28. The number of carbonyl (C=O) groups excluding carboxylic acids is 1. The van der Waals surface area contributed by atoms with Gasteiger partial charge in [-0.3, -0.25) is 9.59 Å². The topological polar surface area (TPSA) is 66.4 Å². The summed E-state index contributed by atoms with van der Waals surface area (Å²) in [6, 6.07) is 6.94. The highest BCUT2D eigenvalue weighted by Crippen LogP contribution is 2.20.